The van der Waals surface area contributed by atoms with Crippen LogP contribution in [0.5, 0.6) is 0 Å². The van der Waals surface area contributed by atoms with Crippen LogP contribution in [0.1, 0.15) is 25.3 Å². The van der Waals surface area contributed by atoms with Gasteiger partial charge in [-0.25, -0.2) is 0 Å². The molecule has 0 spiro atoms. The molecular formula is C13H16N2. The highest BCUT2D eigenvalue weighted by atomic mass is 15.1. The van der Waals surface area contributed by atoms with E-state index >= 15 is 0 Å². The van der Waals surface area contributed by atoms with Crippen molar-refractivity contribution in [3.8, 4) is 0 Å². The summed E-state index contributed by atoms with van der Waals surface area (Å²) in [6, 6.07) is 6.37. The Morgan fingerprint density at radius 2 is 1.60 bits per heavy atom. The largest absolute Gasteiger partial charge is 0.353 e. The Hall–Kier alpha value is -1.70. The van der Waals surface area contributed by atoms with E-state index in [1.165, 1.54) is 5.56 Å². The third kappa shape index (κ3) is 1.75. The van der Waals surface area contributed by atoms with Crippen molar-refractivity contribution in [3.63, 3.8) is 0 Å². The molecule has 2 heteroatoms. The summed E-state index contributed by atoms with van der Waals surface area (Å²) in [7, 11) is 0. The van der Waals surface area contributed by atoms with Crippen molar-refractivity contribution >= 4 is 11.4 Å². The molecule has 0 aromatic heterocycles. The highest BCUT2D eigenvalue weighted by Crippen LogP contribution is 2.33. The summed E-state index contributed by atoms with van der Waals surface area (Å²) in [6.45, 7) is 12.1. The molecule has 0 unspecified atom stereocenters. The first kappa shape index (κ1) is 9.84. The predicted molar refractivity (Wildman–Crippen MR) is 66.1 cm³/mol. The highest BCUT2D eigenvalue weighted by molar-refractivity contribution is 5.79. The molecule has 1 aromatic carbocycles. The number of rotatable bonds is 1. The molecule has 0 saturated carbocycles. The van der Waals surface area contributed by atoms with Gasteiger partial charge in [0.05, 0.1) is 22.8 Å². The standard InChI is InChI=1S/C13H16N2/c1-8(2)11-5-6-12-13(7-11)15-10(4)9(3)14-12/h5-8,14-15H,3-4H2,1-2H3. The van der Waals surface area contributed by atoms with Gasteiger partial charge in [0.25, 0.3) is 0 Å². The van der Waals surface area contributed by atoms with Crippen molar-refractivity contribution < 1.29 is 0 Å². The molecule has 0 atom stereocenters. The zero-order valence-electron chi connectivity index (χ0n) is 9.22. The lowest BCUT2D eigenvalue weighted by Gasteiger charge is -2.24. The fraction of sp³-hybridized carbons (Fsp3) is 0.231. The summed E-state index contributed by atoms with van der Waals surface area (Å²) >= 11 is 0. The van der Waals surface area contributed by atoms with Gasteiger partial charge in [-0.15, -0.1) is 0 Å². The first-order chi connectivity index (χ1) is 7.08. The zero-order valence-corrected chi connectivity index (χ0v) is 9.22. The van der Waals surface area contributed by atoms with Gasteiger partial charge in [-0.1, -0.05) is 33.1 Å². The van der Waals surface area contributed by atoms with Crippen LogP contribution in [0.3, 0.4) is 0 Å². The number of nitrogens with one attached hydrogen (secondary N) is 2. The Labute approximate surface area is 90.7 Å². The quantitative estimate of drug-likeness (QED) is 0.722. The molecule has 0 bridgehead atoms. The van der Waals surface area contributed by atoms with Gasteiger partial charge in [-0.2, -0.15) is 0 Å². The fourth-order valence-corrected chi connectivity index (χ4v) is 1.61. The number of benzene rings is 1. The van der Waals surface area contributed by atoms with E-state index < -0.39 is 0 Å². The molecule has 15 heavy (non-hydrogen) atoms. The van der Waals surface area contributed by atoms with Crippen molar-refractivity contribution in [1.29, 1.82) is 0 Å². The second-order valence-electron chi connectivity index (χ2n) is 4.17. The summed E-state index contributed by atoms with van der Waals surface area (Å²) in [5.41, 5.74) is 5.14. The highest BCUT2D eigenvalue weighted by Gasteiger charge is 2.14. The van der Waals surface area contributed by atoms with E-state index in [2.05, 4.69) is 55.8 Å². The van der Waals surface area contributed by atoms with E-state index in [0.717, 1.165) is 22.8 Å². The summed E-state index contributed by atoms with van der Waals surface area (Å²) in [5, 5.41) is 6.47. The molecule has 0 saturated heterocycles. The van der Waals surface area contributed by atoms with E-state index in [1.54, 1.807) is 0 Å². The summed E-state index contributed by atoms with van der Waals surface area (Å²) in [6.07, 6.45) is 0. The van der Waals surface area contributed by atoms with E-state index in [1.807, 2.05) is 0 Å². The Bertz CT molecular complexity index is 430. The lowest BCUT2D eigenvalue weighted by Crippen LogP contribution is -2.15. The van der Waals surface area contributed by atoms with Gasteiger partial charge in [-0.05, 0) is 23.6 Å². The molecule has 2 rings (SSSR count). The van der Waals surface area contributed by atoms with Crippen molar-refractivity contribution in [2.45, 2.75) is 19.8 Å². The van der Waals surface area contributed by atoms with Gasteiger partial charge in [0, 0.05) is 0 Å². The normalized spacial score (nSPS) is 14.6. The van der Waals surface area contributed by atoms with Crippen LogP contribution in [-0.2, 0) is 0 Å². The molecule has 2 nitrogen and oxygen atoms in total. The topological polar surface area (TPSA) is 24.1 Å². The van der Waals surface area contributed by atoms with Gasteiger partial charge in [0.15, 0.2) is 0 Å². The Balaban J connectivity index is 2.41. The molecule has 1 aromatic rings. The van der Waals surface area contributed by atoms with Crippen molar-refractivity contribution in [2.75, 3.05) is 10.6 Å². The first-order valence-electron chi connectivity index (χ1n) is 5.14. The van der Waals surface area contributed by atoms with Crippen LogP contribution >= 0.6 is 0 Å². The van der Waals surface area contributed by atoms with E-state index in [9.17, 15) is 0 Å². The van der Waals surface area contributed by atoms with Crippen molar-refractivity contribution in [3.05, 3.63) is 48.3 Å². The SMILES string of the molecule is C=C1Nc2ccc(C(C)C)cc2NC1=C. The van der Waals surface area contributed by atoms with Gasteiger partial charge >= 0.3 is 0 Å². The molecule has 0 amide bonds. The van der Waals surface area contributed by atoms with Crippen LogP contribution in [-0.4, -0.2) is 0 Å². The summed E-state index contributed by atoms with van der Waals surface area (Å²) in [5.74, 6) is 0.537. The maximum Gasteiger partial charge on any atom is 0.0626 e. The number of fused-ring (bicyclic) bond motifs is 1. The second kappa shape index (κ2) is 3.46. The van der Waals surface area contributed by atoms with Crippen LogP contribution in [0.25, 0.3) is 0 Å². The van der Waals surface area contributed by atoms with Crippen LogP contribution in [0.2, 0.25) is 0 Å². The minimum atomic E-state index is 0.537. The molecule has 1 aliphatic rings. The molecule has 0 fully saturated rings. The van der Waals surface area contributed by atoms with Gasteiger partial charge in [-0.3, -0.25) is 0 Å². The lowest BCUT2D eigenvalue weighted by atomic mass is 10.0. The number of hydrogen-bond donors (Lipinski definition) is 2. The third-order valence-corrected chi connectivity index (χ3v) is 2.65. The maximum atomic E-state index is 3.90. The molecule has 0 aliphatic carbocycles. The van der Waals surface area contributed by atoms with Crippen LogP contribution < -0.4 is 10.6 Å². The van der Waals surface area contributed by atoms with Crippen LogP contribution in [0, 0.1) is 0 Å². The minimum Gasteiger partial charge on any atom is -0.353 e. The van der Waals surface area contributed by atoms with Crippen LogP contribution in [0.4, 0.5) is 11.4 Å². The Morgan fingerprint density at radius 3 is 2.20 bits per heavy atom. The second-order valence-corrected chi connectivity index (χ2v) is 4.17. The summed E-state index contributed by atoms with van der Waals surface area (Å²) in [4.78, 5) is 0. The third-order valence-electron chi connectivity index (χ3n) is 2.65. The van der Waals surface area contributed by atoms with Crippen molar-refractivity contribution in [1.82, 2.24) is 0 Å². The number of anilines is 2. The molecule has 1 heterocycles. The number of hydrogen-bond acceptors (Lipinski definition) is 2. The monoisotopic (exact) mass is 200 g/mol. The van der Waals surface area contributed by atoms with Gasteiger partial charge < -0.3 is 10.6 Å². The molecule has 78 valence electrons. The average Bonchev–Trinajstić information content (AvgIpc) is 2.19. The maximum absolute atomic E-state index is 3.90. The average molecular weight is 200 g/mol. The van der Waals surface area contributed by atoms with Gasteiger partial charge in [0.1, 0.15) is 0 Å². The van der Waals surface area contributed by atoms with Gasteiger partial charge in [0.2, 0.25) is 0 Å². The molecule has 2 N–H and O–H groups in total. The summed E-state index contributed by atoms with van der Waals surface area (Å²) < 4.78 is 0. The minimum absolute atomic E-state index is 0.537. The Kier molecular flexibility index (Phi) is 2.27. The van der Waals surface area contributed by atoms with Crippen LogP contribution in [0.15, 0.2) is 42.8 Å². The zero-order chi connectivity index (χ0) is 11.0. The van der Waals surface area contributed by atoms with E-state index in [4.69, 9.17) is 0 Å². The van der Waals surface area contributed by atoms with Crippen molar-refractivity contribution in [2.24, 2.45) is 0 Å². The molecule has 1 aliphatic heterocycles. The smallest absolute Gasteiger partial charge is 0.0626 e. The lowest BCUT2D eigenvalue weighted by molar-refractivity contribution is 0.867. The Morgan fingerprint density at radius 1 is 1.00 bits per heavy atom. The van der Waals surface area contributed by atoms with E-state index in [-0.39, 0.29) is 0 Å². The first-order valence-corrected chi connectivity index (χ1v) is 5.14. The fourth-order valence-electron chi connectivity index (χ4n) is 1.61. The molecular weight excluding hydrogens is 184 g/mol. The van der Waals surface area contributed by atoms with E-state index in [0.29, 0.717) is 5.92 Å². The predicted octanol–water partition coefficient (Wildman–Crippen LogP) is 3.67. The molecule has 0 radical (unpaired) electrons.